The monoisotopic (exact) mass is 602 g/mol. The fourth-order valence-electron chi connectivity index (χ4n) is 5.46. The van der Waals surface area contributed by atoms with Crippen molar-refractivity contribution in [3.63, 3.8) is 0 Å². The molecule has 0 radical (unpaired) electrons. The lowest BCUT2D eigenvalue weighted by atomic mass is 9.96. The second-order valence-electron chi connectivity index (χ2n) is 13.5. The summed E-state index contributed by atoms with van der Waals surface area (Å²) in [6.45, 7) is 18.1. The second-order valence-corrected chi connectivity index (χ2v) is 26.2. The van der Waals surface area contributed by atoms with Gasteiger partial charge in [-0.05, 0) is 71.1 Å². The fraction of sp³-hybridized carbons (Fsp3) is 0.933. The van der Waals surface area contributed by atoms with Crippen LogP contribution in [0.3, 0.4) is 0 Å². The summed E-state index contributed by atoms with van der Waals surface area (Å²) in [6, 6.07) is 0.933. The lowest BCUT2D eigenvalue weighted by Crippen LogP contribution is -2.51. The third kappa shape index (κ3) is 25.0. The molecule has 39 heavy (non-hydrogen) atoms. The largest absolute Gasteiger partial charge is 0.550 e. The van der Waals surface area contributed by atoms with Crippen molar-refractivity contribution < 1.29 is 22.9 Å². The van der Waals surface area contributed by atoms with Crippen LogP contribution in [-0.2, 0) is 17.8 Å². The molecular formula is C30H64NO5Si3-. The van der Waals surface area contributed by atoms with E-state index in [4.69, 9.17) is 8.23 Å². The minimum Gasteiger partial charge on any atom is -0.550 e. The number of hydrogen-bond donors (Lipinski definition) is 1. The van der Waals surface area contributed by atoms with Crippen LogP contribution in [-0.4, -0.2) is 43.6 Å². The normalized spacial score (nSPS) is 13.4. The number of carbonyl (C=O) groups excluding carboxylic acids is 2. The summed E-state index contributed by atoms with van der Waals surface area (Å²) in [5, 5.41) is 14.2. The van der Waals surface area contributed by atoms with Gasteiger partial charge >= 0.3 is 8.56 Å². The van der Waals surface area contributed by atoms with Crippen LogP contribution in [0.5, 0.6) is 0 Å². The second kappa shape index (κ2) is 21.2. The van der Waals surface area contributed by atoms with E-state index in [1.165, 1.54) is 70.6 Å². The predicted molar refractivity (Wildman–Crippen MR) is 171 cm³/mol. The molecule has 0 aliphatic heterocycles. The number of aliphatic carboxylic acids is 1. The smallest absolute Gasteiger partial charge is 0.311 e. The molecule has 0 spiro atoms. The van der Waals surface area contributed by atoms with Crippen LogP contribution in [0.15, 0.2) is 0 Å². The number of carboxylic acids is 1. The molecule has 232 valence electrons. The van der Waals surface area contributed by atoms with Crippen LogP contribution >= 0.6 is 0 Å². The average molecular weight is 603 g/mol. The highest BCUT2D eigenvalue weighted by Crippen LogP contribution is 2.24. The number of carboxylic acid groups (broad SMARTS) is 1. The van der Waals surface area contributed by atoms with Crippen LogP contribution in [0.4, 0.5) is 0 Å². The number of rotatable bonds is 26. The van der Waals surface area contributed by atoms with Crippen molar-refractivity contribution in [1.29, 1.82) is 0 Å². The fourth-order valence-corrected chi connectivity index (χ4v) is 18.7. The molecule has 0 saturated carbocycles. The molecule has 0 aliphatic rings. The molecule has 0 aromatic rings. The number of hydrogen-bond acceptors (Lipinski definition) is 5. The maximum Gasteiger partial charge on any atom is 0.311 e. The number of unbranched alkanes of at least 4 members (excludes halogenated alkanes) is 13. The third-order valence-electron chi connectivity index (χ3n) is 7.02. The first-order chi connectivity index (χ1) is 18.2. The molecule has 9 heteroatoms. The summed E-state index contributed by atoms with van der Waals surface area (Å²) in [5.74, 6) is -1.78. The first kappa shape index (κ1) is 38.5. The van der Waals surface area contributed by atoms with E-state index in [-0.39, 0.29) is 12.3 Å². The van der Waals surface area contributed by atoms with E-state index in [2.05, 4.69) is 58.1 Å². The molecule has 0 bridgehead atoms. The van der Waals surface area contributed by atoms with Gasteiger partial charge in [-0.25, -0.2) is 0 Å². The van der Waals surface area contributed by atoms with Gasteiger partial charge in [-0.3, -0.25) is 4.79 Å². The minimum atomic E-state index is -2.17. The highest BCUT2D eigenvalue weighted by Gasteiger charge is 2.37. The van der Waals surface area contributed by atoms with Gasteiger partial charge in [0.1, 0.15) is 0 Å². The Labute approximate surface area is 245 Å². The lowest BCUT2D eigenvalue weighted by Gasteiger charge is -2.37. The Balaban J connectivity index is 4.12. The van der Waals surface area contributed by atoms with Gasteiger partial charge in [0.2, 0.25) is 5.91 Å². The van der Waals surface area contributed by atoms with E-state index in [1.807, 2.05) is 0 Å². The summed E-state index contributed by atoms with van der Waals surface area (Å²) < 4.78 is 12.9. The Morgan fingerprint density at radius 1 is 0.692 bits per heavy atom. The Bertz CT molecular complexity index is 653. The maximum atomic E-state index is 12.7. The van der Waals surface area contributed by atoms with Crippen molar-refractivity contribution in [2.45, 2.75) is 168 Å². The summed E-state index contributed by atoms with van der Waals surface area (Å²) in [6.07, 6.45) is 19.2. The van der Waals surface area contributed by atoms with Gasteiger partial charge in [0, 0.05) is 18.4 Å². The Kier molecular flexibility index (Phi) is 21.0. The highest BCUT2D eigenvalue weighted by atomic mass is 28.5. The molecule has 1 atom stereocenters. The zero-order valence-electron chi connectivity index (χ0n) is 27.1. The first-order valence-corrected chi connectivity index (χ1v) is 25.4. The number of carbonyl (C=O) groups is 2. The topological polar surface area (TPSA) is 87.7 Å². The molecule has 0 saturated heterocycles. The predicted octanol–water partition coefficient (Wildman–Crippen LogP) is 7.90. The maximum absolute atomic E-state index is 12.7. The van der Waals surface area contributed by atoms with Gasteiger partial charge in [0.25, 0.3) is 0 Å². The third-order valence-corrected chi connectivity index (χ3v) is 17.2. The quantitative estimate of drug-likeness (QED) is 0.0803. The molecule has 0 aromatic carbocycles. The minimum absolute atomic E-state index is 0.147. The highest BCUT2D eigenvalue weighted by molar-refractivity contribution is 6.87. The summed E-state index contributed by atoms with van der Waals surface area (Å²) in [5.41, 5.74) is 0. The van der Waals surface area contributed by atoms with Gasteiger partial charge in [-0.2, -0.15) is 0 Å². The van der Waals surface area contributed by atoms with Crippen molar-refractivity contribution in [2.24, 2.45) is 5.92 Å². The van der Waals surface area contributed by atoms with Crippen molar-refractivity contribution in [1.82, 2.24) is 5.32 Å². The Morgan fingerprint density at radius 2 is 1.15 bits per heavy atom. The Hall–Kier alpha value is -0.489. The van der Waals surface area contributed by atoms with Gasteiger partial charge in [0.15, 0.2) is 16.6 Å². The lowest BCUT2D eigenvalue weighted by molar-refractivity contribution is -0.306. The summed E-state index contributed by atoms with van der Waals surface area (Å²) in [7, 11) is -5.74. The molecule has 0 aromatic heterocycles. The van der Waals surface area contributed by atoms with E-state index in [0.29, 0.717) is 13.0 Å². The molecule has 1 N–H and O–H groups in total. The molecule has 1 unspecified atom stereocenters. The zero-order chi connectivity index (χ0) is 29.8. The van der Waals surface area contributed by atoms with Gasteiger partial charge in [0.05, 0.1) is 0 Å². The molecule has 0 rings (SSSR count). The van der Waals surface area contributed by atoms with Crippen LogP contribution in [0.25, 0.3) is 0 Å². The Morgan fingerprint density at radius 3 is 1.59 bits per heavy atom. The number of nitrogens with one attached hydrogen (secondary N) is 1. The zero-order valence-corrected chi connectivity index (χ0v) is 30.1. The van der Waals surface area contributed by atoms with Crippen molar-refractivity contribution in [2.75, 3.05) is 6.54 Å². The van der Waals surface area contributed by atoms with Crippen molar-refractivity contribution in [3.05, 3.63) is 0 Å². The van der Waals surface area contributed by atoms with E-state index >= 15 is 0 Å². The van der Waals surface area contributed by atoms with Crippen LogP contribution in [0, 0.1) is 5.92 Å². The molecule has 1 amide bonds. The molecule has 0 aliphatic carbocycles. The molecule has 0 heterocycles. The van der Waals surface area contributed by atoms with E-state index in [9.17, 15) is 14.7 Å². The van der Waals surface area contributed by atoms with Crippen LogP contribution in [0.1, 0.15) is 116 Å². The van der Waals surface area contributed by atoms with E-state index in [0.717, 1.165) is 31.7 Å². The van der Waals surface area contributed by atoms with Crippen LogP contribution < -0.4 is 10.4 Å². The van der Waals surface area contributed by atoms with Gasteiger partial charge in [-0.1, -0.05) is 96.8 Å². The van der Waals surface area contributed by atoms with E-state index in [1.54, 1.807) is 0 Å². The van der Waals surface area contributed by atoms with Crippen molar-refractivity contribution >= 4 is 37.1 Å². The summed E-state index contributed by atoms with van der Waals surface area (Å²) in [4.78, 5) is 24.0. The SMILES string of the molecule is CCCCCCCCCCCCCCCCC(CC(=O)[O-])C(=O)NCCC[Si](C)(C)O[Si](C)(C)O[Si](C)(C)C. The molecule has 0 fully saturated rings. The average Bonchev–Trinajstić information content (AvgIpc) is 2.78. The van der Waals surface area contributed by atoms with Gasteiger partial charge < -0.3 is 23.4 Å². The van der Waals surface area contributed by atoms with Crippen LogP contribution in [0.2, 0.25) is 51.9 Å². The van der Waals surface area contributed by atoms with Gasteiger partial charge in [-0.15, -0.1) is 0 Å². The molecular weight excluding hydrogens is 539 g/mol. The summed E-state index contributed by atoms with van der Waals surface area (Å²) >= 11 is 0. The van der Waals surface area contributed by atoms with Crippen molar-refractivity contribution in [3.8, 4) is 0 Å². The molecule has 6 nitrogen and oxygen atoms in total. The van der Waals surface area contributed by atoms with E-state index < -0.39 is 37.1 Å². The first-order valence-electron chi connectivity index (χ1n) is 16.1. The number of amides is 1. The standard InChI is InChI=1S/C30H65NO5Si3/c1-9-10-11-12-13-14-15-16-17-18-19-20-21-22-24-28(27-29(32)33)30(34)31-25-23-26-38(5,6)36-39(7,8)35-37(2,3)4/h28H,9-27H2,1-8H3,(H,31,34)(H,32,33)/p-1.